The van der Waals surface area contributed by atoms with E-state index in [2.05, 4.69) is 44.3 Å². The van der Waals surface area contributed by atoms with E-state index in [9.17, 15) is 0 Å². The molecule has 1 heterocycles. The van der Waals surface area contributed by atoms with E-state index in [1.807, 2.05) is 7.05 Å². The van der Waals surface area contributed by atoms with Gasteiger partial charge in [0.15, 0.2) is 0 Å². The molecule has 0 aromatic heterocycles. The number of hydrogen-bond donors (Lipinski definition) is 1. The molecular formula is C17H25BrN2. The number of piperidine rings is 1. The van der Waals surface area contributed by atoms with Gasteiger partial charge in [0, 0.05) is 24.1 Å². The molecule has 1 saturated heterocycles. The molecule has 1 aromatic carbocycles. The van der Waals surface area contributed by atoms with Gasteiger partial charge in [0.05, 0.1) is 5.69 Å². The lowest BCUT2D eigenvalue weighted by atomic mass is 9.77. The van der Waals surface area contributed by atoms with E-state index in [0.717, 1.165) is 6.54 Å². The summed E-state index contributed by atoms with van der Waals surface area (Å²) >= 11 is 3.76. The summed E-state index contributed by atoms with van der Waals surface area (Å²) in [7, 11) is 1.99. The molecular weight excluding hydrogens is 312 g/mol. The highest BCUT2D eigenvalue weighted by molar-refractivity contribution is 9.10. The van der Waals surface area contributed by atoms with Gasteiger partial charge in [0.25, 0.3) is 0 Å². The Morgan fingerprint density at radius 1 is 1.15 bits per heavy atom. The fourth-order valence-electron chi connectivity index (χ4n) is 3.97. The molecule has 1 aliphatic heterocycles. The number of hydrogen-bond acceptors (Lipinski definition) is 2. The third-order valence-corrected chi connectivity index (χ3v) is 5.86. The van der Waals surface area contributed by atoms with E-state index in [1.165, 1.54) is 67.3 Å². The number of rotatable bonds is 3. The van der Waals surface area contributed by atoms with Crippen molar-refractivity contribution in [1.82, 2.24) is 5.32 Å². The van der Waals surface area contributed by atoms with Gasteiger partial charge in [-0.05, 0) is 71.8 Å². The molecule has 3 rings (SSSR count). The summed E-state index contributed by atoms with van der Waals surface area (Å²) in [5, 5.41) is 3.21. The van der Waals surface area contributed by atoms with Gasteiger partial charge in [0.2, 0.25) is 0 Å². The van der Waals surface area contributed by atoms with Crippen LogP contribution in [0.15, 0.2) is 22.7 Å². The van der Waals surface area contributed by atoms with Gasteiger partial charge < -0.3 is 10.2 Å². The lowest BCUT2D eigenvalue weighted by Crippen LogP contribution is -2.39. The third-order valence-electron chi connectivity index (χ3n) is 5.22. The zero-order chi connectivity index (χ0) is 14.0. The Morgan fingerprint density at radius 3 is 2.45 bits per heavy atom. The van der Waals surface area contributed by atoms with Crippen LogP contribution in [0, 0.1) is 5.41 Å². The fourth-order valence-corrected chi connectivity index (χ4v) is 4.64. The van der Waals surface area contributed by atoms with Gasteiger partial charge in [0.1, 0.15) is 0 Å². The van der Waals surface area contributed by atoms with E-state index in [4.69, 9.17) is 0 Å². The SMILES string of the molecule is CNCc1ccc(N2CCC3(CCCC3)CC2)c(Br)c1. The van der Waals surface area contributed by atoms with Gasteiger partial charge in [-0.1, -0.05) is 18.9 Å². The predicted octanol–water partition coefficient (Wildman–Crippen LogP) is 4.33. The van der Waals surface area contributed by atoms with Crippen LogP contribution in [-0.4, -0.2) is 20.1 Å². The first-order chi connectivity index (χ1) is 9.72. The Hall–Kier alpha value is -0.540. The molecule has 0 unspecified atom stereocenters. The van der Waals surface area contributed by atoms with Crippen molar-refractivity contribution in [1.29, 1.82) is 0 Å². The maximum Gasteiger partial charge on any atom is 0.0510 e. The van der Waals surface area contributed by atoms with Crippen LogP contribution < -0.4 is 10.2 Å². The second-order valence-corrected chi connectivity index (χ2v) is 7.36. The van der Waals surface area contributed by atoms with Gasteiger partial charge in [-0.15, -0.1) is 0 Å². The van der Waals surface area contributed by atoms with E-state index < -0.39 is 0 Å². The normalized spacial score (nSPS) is 21.6. The van der Waals surface area contributed by atoms with Crippen molar-refractivity contribution in [3.63, 3.8) is 0 Å². The zero-order valence-electron chi connectivity index (χ0n) is 12.4. The lowest BCUT2D eigenvalue weighted by molar-refractivity contribution is 0.226. The lowest BCUT2D eigenvalue weighted by Gasteiger charge is -2.40. The minimum absolute atomic E-state index is 0.703. The highest BCUT2D eigenvalue weighted by atomic mass is 79.9. The van der Waals surface area contributed by atoms with Gasteiger partial charge >= 0.3 is 0 Å². The minimum atomic E-state index is 0.703. The van der Waals surface area contributed by atoms with Crippen LogP contribution in [0.4, 0.5) is 5.69 Å². The van der Waals surface area contributed by atoms with E-state index >= 15 is 0 Å². The van der Waals surface area contributed by atoms with Crippen molar-refractivity contribution in [2.24, 2.45) is 5.41 Å². The Kier molecular flexibility index (Phi) is 4.37. The molecule has 0 amide bonds. The summed E-state index contributed by atoms with van der Waals surface area (Å²) in [6.07, 6.45) is 8.65. The number of nitrogens with one attached hydrogen (secondary N) is 1. The standard InChI is InChI=1S/C17H25BrN2/c1-19-13-14-4-5-16(15(18)12-14)20-10-8-17(9-11-20)6-2-3-7-17/h4-5,12,19H,2-3,6-11,13H2,1H3. The van der Waals surface area contributed by atoms with E-state index in [0.29, 0.717) is 5.41 Å². The van der Waals surface area contributed by atoms with Gasteiger partial charge in [-0.3, -0.25) is 0 Å². The summed E-state index contributed by atoms with van der Waals surface area (Å²) in [6.45, 7) is 3.38. The van der Waals surface area contributed by atoms with Crippen molar-refractivity contribution in [3.8, 4) is 0 Å². The molecule has 20 heavy (non-hydrogen) atoms. The molecule has 110 valence electrons. The van der Waals surface area contributed by atoms with Crippen molar-refractivity contribution in [2.75, 3.05) is 25.0 Å². The van der Waals surface area contributed by atoms with Crippen LogP contribution in [-0.2, 0) is 6.54 Å². The number of anilines is 1. The highest BCUT2D eigenvalue weighted by Gasteiger charge is 2.37. The quantitative estimate of drug-likeness (QED) is 0.883. The summed E-state index contributed by atoms with van der Waals surface area (Å²) in [4.78, 5) is 2.57. The van der Waals surface area contributed by atoms with Gasteiger partial charge in [-0.25, -0.2) is 0 Å². The van der Waals surface area contributed by atoms with Gasteiger partial charge in [-0.2, -0.15) is 0 Å². The molecule has 1 spiro atoms. The smallest absolute Gasteiger partial charge is 0.0510 e. The number of halogens is 1. The second-order valence-electron chi connectivity index (χ2n) is 6.51. The molecule has 2 aliphatic rings. The molecule has 1 aromatic rings. The van der Waals surface area contributed by atoms with Crippen LogP contribution in [0.1, 0.15) is 44.1 Å². The molecule has 0 atom stereocenters. The fraction of sp³-hybridized carbons (Fsp3) is 0.647. The van der Waals surface area contributed by atoms with Crippen molar-refractivity contribution < 1.29 is 0 Å². The Morgan fingerprint density at radius 2 is 1.85 bits per heavy atom. The molecule has 1 N–H and O–H groups in total. The maximum absolute atomic E-state index is 3.76. The van der Waals surface area contributed by atoms with Crippen LogP contribution in [0.25, 0.3) is 0 Å². The highest BCUT2D eigenvalue weighted by Crippen LogP contribution is 2.47. The Balaban J connectivity index is 1.68. The molecule has 0 radical (unpaired) electrons. The molecule has 2 fully saturated rings. The Bertz CT molecular complexity index is 456. The summed E-state index contributed by atoms with van der Waals surface area (Å²) < 4.78 is 1.24. The minimum Gasteiger partial charge on any atom is -0.371 e. The topological polar surface area (TPSA) is 15.3 Å². The van der Waals surface area contributed by atoms with E-state index in [-0.39, 0.29) is 0 Å². The van der Waals surface area contributed by atoms with E-state index in [1.54, 1.807) is 0 Å². The van der Waals surface area contributed by atoms with Crippen LogP contribution >= 0.6 is 15.9 Å². The summed E-state index contributed by atoms with van der Waals surface area (Å²) in [5.74, 6) is 0. The van der Waals surface area contributed by atoms with Crippen LogP contribution in [0.3, 0.4) is 0 Å². The maximum atomic E-state index is 3.76. The molecule has 0 bridgehead atoms. The average molecular weight is 337 g/mol. The summed E-state index contributed by atoms with van der Waals surface area (Å²) in [5.41, 5.74) is 3.42. The molecule has 1 aliphatic carbocycles. The third kappa shape index (κ3) is 2.89. The summed E-state index contributed by atoms with van der Waals surface area (Å²) in [6, 6.07) is 6.78. The number of nitrogens with zero attached hydrogens (tertiary/aromatic N) is 1. The Labute approximate surface area is 131 Å². The first-order valence-electron chi connectivity index (χ1n) is 7.90. The molecule has 3 heteroatoms. The second kappa shape index (κ2) is 6.07. The van der Waals surface area contributed by atoms with Crippen LogP contribution in [0.2, 0.25) is 0 Å². The van der Waals surface area contributed by atoms with Crippen LogP contribution in [0.5, 0.6) is 0 Å². The first-order valence-corrected chi connectivity index (χ1v) is 8.70. The molecule has 2 nitrogen and oxygen atoms in total. The van der Waals surface area contributed by atoms with Crippen molar-refractivity contribution in [3.05, 3.63) is 28.2 Å². The number of benzene rings is 1. The largest absolute Gasteiger partial charge is 0.371 e. The molecule has 1 saturated carbocycles. The van der Waals surface area contributed by atoms with Crippen molar-refractivity contribution in [2.45, 2.75) is 45.1 Å². The first kappa shape index (κ1) is 14.4. The van der Waals surface area contributed by atoms with Crippen molar-refractivity contribution >= 4 is 21.6 Å². The average Bonchev–Trinajstić information content (AvgIpc) is 2.89. The zero-order valence-corrected chi connectivity index (χ0v) is 14.0. The predicted molar refractivity (Wildman–Crippen MR) is 89.3 cm³/mol. The monoisotopic (exact) mass is 336 g/mol.